The quantitative estimate of drug-likeness (QED) is 0.0795. The van der Waals surface area contributed by atoms with E-state index in [4.69, 9.17) is 19.9 Å². The largest absolute Gasteiger partial charge is 0.491 e. The van der Waals surface area contributed by atoms with E-state index in [0.717, 1.165) is 49.2 Å². The lowest BCUT2D eigenvalue weighted by molar-refractivity contribution is -0.143. The predicted octanol–water partition coefficient (Wildman–Crippen LogP) is 5.37. The van der Waals surface area contributed by atoms with Gasteiger partial charge in [-0.1, -0.05) is 15.9 Å². The minimum atomic E-state index is -2.59. The van der Waals surface area contributed by atoms with E-state index in [0.29, 0.717) is 41.0 Å². The van der Waals surface area contributed by atoms with Crippen LogP contribution in [0.3, 0.4) is 0 Å². The average Bonchev–Trinajstić information content (AvgIpc) is 3.80. The fourth-order valence-electron chi connectivity index (χ4n) is 6.53. The van der Waals surface area contributed by atoms with Crippen molar-refractivity contribution in [3.8, 4) is 11.5 Å². The summed E-state index contributed by atoms with van der Waals surface area (Å²) in [6.07, 6.45) is 1.62. The highest BCUT2D eigenvalue weighted by molar-refractivity contribution is 9.10. The third-order valence-corrected chi connectivity index (χ3v) is 11.3. The number of rotatable bonds is 12. The molecule has 2 aliphatic heterocycles. The van der Waals surface area contributed by atoms with Crippen molar-refractivity contribution < 1.29 is 41.3 Å². The Hall–Kier alpha value is -3.55. The minimum absolute atomic E-state index is 0.0892. The smallest absolute Gasteiger partial charge is 0.328 e. The molecule has 1 amide bonds. The highest BCUT2D eigenvalue weighted by atomic mass is 79.9. The molecule has 3 unspecified atom stereocenters. The predicted molar refractivity (Wildman–Crippen MR) is 202 cm³/mol. The van der Waals surface area contributed by atoms with Gasteiger partial charge in [0.2, 0.25) is 5.96 Å². The van der Waals surface area contributed by atoms with E-state index >= 15 is 0 Å². The zero-order chi connectivity index (χ0) is 37.4. The van der Waals surface area contributed by atoms with Crippen LogP contribution in [0.2, 0.25) is 0 Å². The van der Waals surface area contributed by atoms with E-state index in [1.165, 1.54) is 7.11 Å². The monoisotopic (exact) mass is 825 g/mol. The molecule has 5 N–H and O–H groups in total. The minimum Gasteiger partial charge on any atom is -0.491 e. The number of nitrogens with zero attached hydrogens (tertiary/aromatic N) is 3. The molecular weight excluding hydrogens is 786 g/mol. The fourth-order valence-corrected chi connectivity index (χ4v) is 8.75. The number of halogens is 1. The van der Waals surface area contributed by atoms with Crippen LogP contribution in [0.15, 0.2) is 32.4 Å². The third-order valence-electron chi connectivity index (χ3n) is 8.88. The van der Waals surface area contributed by atoms with Crippen LogP contribution >= 0.6 is 27.3 Å². The van der Waals surface area contributed by atoms with Gasteiger partial charge in [0.05, 0.1) is 25.1 Å². The van der Waals surface area contributed by atoms with Crippen LogP contribution in [0.25, 0.3) is 0 Å². The lowest BCUT2D eigenvalue weighted by Crippen LogP contribution is -2.43. The van der Waals surface area contributed by atoms with Crippen molar-refractivity contribution in [2.45, 2.75) is 71.9 Å². The molecule has 14 nitrogen and oxygen atoms in total. The molecule has 3 heterocycles. The number of amides is 1. The number of anilines is 3. The number of carbonyl (C=O) groups excluding carboxylic acids is 2. The van der Waals surface area contributed by atoms with Gasteiger partial charge in [0.15, 0.2) is 0 Å². The Bertz CT molecular complexity index is 1950. The van der Waals surface area contributed by atoms with Gasteiger partial charge in [-0.25, -0.2) is 17.5 Å². The third kappa shape index (κ3) is 8.10. The first kappa shape index (κ1) is 38.7. The molecule has 51 heavy (non-hydrogen) atoms. The van der Waals surface area contributed by atoms with E-state index in [-0.39, 0.29) is 35.9 Å². The molecule has 0 bridgehead atoms. The molecule has 0 aliphatic carbocycles. The van der Waals surface area contributed by atoms with Gasteiger partial charge >= 0.3 is 5.97 Å². The summed E-state index contributed by atoms with van der Waals surface area (Å²) in [5, 5.41) is 4.34. The fraction of sp³-hybridized carbons (Fsp3) is 0.424. The molecular formula is C33H40BrN5O9S3. The van der Waals surface area contributed by atoms with Crippen molar-refractivity contribution in [2.24, 2.45) is 10.1 Å². The molecule has 0 spiro atoms. The van der Waals surface area contributed by atoms with Crippen molar-refractivity contribution in [1.82, 2.24) is 5.32 Å². The van der Waals surface area contributed by atoms with Crippen LogP contribution in [0.1, 0.15) is 64.2 Å². The zero-order valence-electron chi connectivity index (χ0n) is 28.9. The molecule has 276 valence electrons. The van der Waals surface area contributed by atoms with Gasteiger partial charge in [0.25, 0.3) is 28.4 Å². The second kappa shape index (κ2) is 15.6. The summed E-state index contributed by atoms with van der Waals surface area (Å²) in [6, 6.07) is 3.94. The van der Waals surface area contributed by atoms with E-state index in [9.17, 15) is 27.1 Å². The first-order chi connectivity index (χ1) is 24.0. The lowest BCUT2D eigenvalue weighted by Gasteiger charge is -2.29. The number of guanidine groups is 1. The van der Waals surface area contributed by atoms with Crippen LogP contribution in [0.4, 0.5) is 17.1 Å². The van der Waals surface area contributed by atoms with Gasteiger partial charge in [-0.2, -0.15) is 0 Å². The maximum atomic E-state index is 13.8. The molecule has 3 aromatic rings. The number of hydrogen-bond donors (Lipinski definition) is 4. The highest BCUT2D eigenvalue weighted by Crippen LogP contribution is 2.46. The van der Waals surface area contributed by atoms with Gasteiger partial charge in [-0.15, -0.1) is 15.7 Å². The van der Waals surface area contributed by atoms with Gasteiger partial charge in [-0.05, 0) is 87.7 Å². The number of benzene rings is 2. The van der Waals surface area contributed by atoms with Gasteiger partial charge in [-0.3, -0.25) is 13.9 Å². The number of carbonyl (C=O) groups is 2. The van der Waals surface area contributed by atoms with Crippen molar-refractivity contribution in [1.29, 1.82) is 0 Å². The number of fused-ring (bicyclic) bond motifs is 2. The molecule has 0 radical (unpaired) electrons. The standard InChI is InChI=1S/C33H40BrN5O9S3/c1-17-18(2)27-22(16-33(4,5)48-27)19(3)26(17)38(32(35)37-50(42)43)11-7-8-23(31(41)46-6)36-30(40)29-24(10-13-49-29)39(51(44)45)25-15-21(34)14-20-9-12-47-28(20)25/h10,13-15,23H,7-9,11-12,16H2,1-6H3,(H2,35,37)(H,36,40)(H,42,43)(H,44,45). The number of esters is 1. The molecule has 0 fully saturated rings. The molecule has 3 atom stereocenters. The van der Waals surface area contributed by atoms with Crippen molar-refractivity contribution >= 4 is 84.7 Å². The maximum Gasteiger partial charge on any atom is 0.328 e. The summed E-state index contributed by atoms with van der Waals surface area (Å²) in [5.74, 6) is -0.297. The van der Waals surface area contributed by atoms with Crippen LogP contribution in [0.5, 0.6) is 11.5 Å². The molecule has 5 rings (SSSR count). The molecule has 2 aliphatic rings. The van der Waals surface area contributed by atoms with Crippen molar-refractivity contribution in [2.75, 3.05) is 29.5 Å². The van der Waals surface area contributed by atoms with Crippen LogP contribution in [-0.2, 0) is 44.9 Å². The number of thiophene rings is 1. The highest BCUT2D eigenvalue weighted by Gasteiger charge is 2.36. The van der Waals surface area contributed by atoms with Gasteiger partial charge in [0.1, 0.15) is 33.7 Å². The zero-order valence-corrected chi connectivity index (χ0v) is 32.9. The number of methoxy groups -OCH3 is 1. The second-order valence-electron chi connectivity index (χ2n) is 12.8. The Morgan fingerprint density at radius 1 is 1.16 bits per heavy atom. The maximum absolute atomic E-state index is 13.8. The van der Waals surface area contributed by atoms with Gasteiger partial charge < -0.3 is 30.2 Å². The summed E-state index contributed by atoms with van der Waals surface area (Å²) >= 11 is -0.676. The number of ether oxygens (including phenoxy) is 3. The Morgan fingerprint density at radius 2 is 1.88 bits per heavy atom. The lowest BCUT2D eigenvalue weighted by atomic mass is 9.92. The van der Waals surface area contributed by atoms with E-state index < -0.39 is 46.1 Å². The number of hydrogen-bond acceptors (Lipinski definition) is 8. The first-order valence-corrected chi connectivity index (χ1v) is 19.7. The normalized spacial score (nSPS) is 16.3. The van der Waals surface area contributed by atoms with Gasteiger partial charge in [0, 0.05) is 35.0 Å². The molecule has 0 saturated carbocycles. The average molecular weight is 827 g/mol. The molecule has 1 aromatic heterocycles. The van der Waals surface area contributed by atoms with E-state index in [1.54, 1.807) is 22.4 Å². The van der Waals surface area contributed by atoms with E-state index in [1.807, 2.05) is 40.7 Å². The van der Waals surface area contributed by atoms with Crippen molar-refractivity contribution in [3.05, 3.63) is 60.7 Å². The summed E-state index contributed by atoms with van der Waals surface area (Å²) in [6.45, 7) is 10.4. The summed E-state index contributed by atoms with van der Waals surface area (Å²) in [5.41, 5.74) is 11.6. The topological polar surface area (TPSA) is 193 Å². The Kier molecular flexibility index (Phi) is 11.8. The number of nitrogens with two attached hydrogens (primary N) is 1. The summed E-state index contributed by atoms with van der Waals surface area (Å²) < 4.78 is 67.0. The summed E-state index contributed by atoms with van der Waals surface area (Å²) in [4.78, 5) is 28.5. The molecule has 18 heteroatoms. The van der Waals surface area contributed by atoms with Crippen LogP contribution in [-0.4, -0.2) is 67.3 Å². The Morgan fingerprint density at radius 3 is 2.55 bits per heavy atom. The SMILES string of the molecule is COC(=O)C(CCCN(C(N)=NS(=O)O)c1c(C)c(C)c2c(c1C)CC(C)(C)O2)NC(=O)c1sccc1N(c1cc(Br)cc2c1OCC2)S(=O)O. The van der Waals surface area contributed by atoms with Crippen LogP contribution in [0, 0.1) is 20.8 Å². The first-order valence-electron chi connectivity index (χ1n) is 15.9. The molecule has 2 aromatic carbocycles. The summed E-state index contributed by atoms with van der Waals surface area (Å²) in [7, 11) is 1.21. The van der Waals surface area contributed by atoms with Crippen LogP contribution < -0.4 is 29.7 Å². The Labute approximate surface area is 313 Å². The second-order valence-corrected chi connectivity index (χ2v) is 16.1. The van der Waals surface area contributed by atoms with E-state index in [2.05, 4.69) is 25.6 Å². The molecule has 0 saturated heterocycles. The van der Waals surface area contributed by atoms with Crippen molar-refractivity contribution in [3.63, 3.8) is 0 Å². The Balaban J connectivity index is 1.40. The number of nitrogens with one attached hydrogen (secondary N) is 1.